The van der Waals surface area contributed by atoms with Crippen molar-refractivity contribution in [1.29, 1.82) is 0 Å². The molecule has 1 amide bonds. The molecule has 1 aliphatic rings. The summed E-state index contributed by atoms with van der Waals surface area (Å²) in [6.45, 7) is 12.6. The zero-order valence-corrected chi connectivity index (χ0v) is 23.8. The molecule has 35 heavy (non-hydrogen) atoms. The number of nitrogens with zero attached hydrogens (tertiary/aromatic N) is 4. The lowest BCUT2D eigenvalue weighted by molar-refractivity contribution is 0.0130. The van der Waals surface area contributed by atoms with E-state index in [2.05, 4.69) is 32.5 Å². The third kappa shape index (κ3) is 5.00. The van der Waals surface area contributed by atoms with Crippen LogP contribution in [0, 0.1) is 10.5 Å². The maximum absolute atomic E-state index is 13.5. The Kier molecular flexibility index (Phi) is 6.82. The molecule has 0 aliphatic carbocycles. The van der Waals surface area contributed by atoms with Gasteiger partial charge in [0.05, 0.1) is 15.8 Å². The number of rotatable bonds is 3. The van der Waals surface area contributed by atoms with Crippen LogP contribution in [0.5, 0.6) is 0 Å². The number of ether oxygens (including phenoxy) is 1. The van der Waals surface area contributed by atoms with E-state index in [0.29, 0.717) is 24.4 Å². The van der Waals surface area contributed by atoms with E-state index in [-0.39, 0.29) is 23.1 Å². The number of halogens is 1. The van der Waals surface area contributed by atoms with E-state index in [9.17, 15) is 13.2 Å². The molecule has 3 aromatic rings. The Hall–Kier alpha value is -2.34. The van der Waals surface area contributed by atoms with Crippen molar-refractivity contribution in [3.05, 3.63) is 51.9 Å². The molecule has 0 N–H and O–H groups in total. The first-order valence-corrected chi connectivity index (χ1v) is 14.1. The summed E-state index contributed by atoms with van der Waals surface area (Å²) in [6.07, 6.45) is 2.97. The van der Waals surface area contributed by atoms with Crippen molar-refractivity contribution in [2.75, 3.05) is 18.0 Å². The van der Waals surface area contributed by atoms with E-state index in [0.717, 1.165) is 14.5 Å². The van der Waals surface area contributed by atoms with Crippen LogP contribution >= 0.6 is 22.6 Å². The molecular formula is C25H31IN4O4S. The van der Waals surface area contributed by atoms with Crippen LogP contribution in [0.3, 0.4) is 0 Å². The SMILES string of the molecule is Cc1ccc(S(=O)(=O)n2cc(I)c3c(N4CC(C)N(C(=O)OC(C)(C)C)CC4C)nccc32)cc1. The van der Waals surface area contributed by atoms with Crippen molar-refractivity contribution < 1.29 is 17.9 Å². The highest BCUT2D eigenvalue weighted by Crippen LogP contribution is 2.35. The molecule has 188 valence electrons. The number of carbonyl (C=O) groups excluding carboxylic acids is 1. The quantitative estimate of drug-likeness (QED) is 0.388. The minimum Gasteiger partial charge on any atom is -0.444 e. The van der Waals surface area contributed by atoms with Crippen LogP contribution in [0.4, 0.5) is 10.6 Å². The molecule has 3 heterocycles. The van der Waals surface area contributed by atoms with Crippen molar-refractivity contribution >= 4 is 55.4 Å². The minimum atomic E-state index is -3.77. The van der Waals surface area contributed by atoms with Gasteiger partial charge in [-0.05, 0) is 82.3 Å². The van der Waals surface area contributed by atoms with Gasteiger partial charge in [-0.2, -0.15) is 0 Å². The molecule has 1 aliphatic heterocycles. The Morgan fingerprint density at radius 2 is 1.74 bits per heavy atom. The van der Waals surface area contributed by atoms with Crippen molar-refractivity contribution in [2.24, 2.45) is 0 Å². The Morgan fingerprint density at radius 1 is 1.09 bits per heavy atom. The summed E-state index contributed by atoms with van der Waals surface area (Å²) in [5.41, 5.74) is 1.01. The molecule has 2 unspecified atom stereocenters. The first-order valence-electron chi connectivity index (χ1n) is 11.5. The lowest BCUT2D eigenvalue weighted by atomic mass is 10.1. The summed E-state index contributed by atoms with van der Waals surface area (Å²) in [4.78, 5) is 21.6. The van der Waals surface area contributed by atoms with Gasteiger partial charge in [-0.25, -0.2) is 22.2 Å². The number of amides is 1. The van der Waals surface area contributed by atoms with Crippen molar-refractivity contribution in [1.82, 2.24) is 13.9 Å². The summed E-state index contributed by atoms with van der Waals surface area (Å²) >= 11 is 2.17. The summed E-state index contributed by atoms with van der Waals surface area (Å²) in [6, 6.07) is 8.44. The predicted molar refractivity (Wildman–Crippen MR) is 145 cm³/mol. The van der Waals surface area contributed by atoms with Gasteiger partial charge in [0, 0.05) is 41.1 Å². The average Bonchev–Trinajstić information content (AvgIpc) is 3.12. The first kappa shape index (κ1) is 25.7. The number of aromatic nitrogens is 2. The number of fused-ring (bicyclic) bond motifs is 1. The molecule has 0 saturated carbocycles. The molecule has 0 spiro atoms. The first-order chi connectivity index (χ1) is 16.3. The topological polar surface area (TPSA) is 84.7 Å². The fourth-order valence-electron chi connectivity index (χ4n) is 4.33. The van der Waals surface area contributed by atoms with Gasteiger partial charge in [0.1, 0.15) is 11.4 Å². The van der Waals surface area contributed by atoms with Crippen LogP contribution in [0.2, 0.25) is 0 Å². The van der Waals surface area contributed by atoms with Gasteiger partial charge in [0.2, 0.25) is 0 Å². The number of anilines is 1. The third-order valence-corrected chi connectivity index (χ3v) is 8.59. The van der Waals surface area contributed by atoms with Crippen LogP contribution in [-0.2, 0) is 14.8 Å². The summed E-state index contributed by atoms with van der Waals surface area (Å²) in [5, 5.41) is 0.786. The van der Waals surface area contributed by atoms with Crippen molar-refractivity contribution in [3.63, 3.8) is 0 Å². The Labute approximate surface area is 220 Å². The maximum atomic E-state index is 13.5. The number of pyridine rings is 1. The normalized spacial score (nSPS) is 19.3. The molecule has 1 fully saturated rings. The van der Waals surface area contributed by atoms with Gasteiger partial charge in [0.15, 0.2) is 0 Å². The molecule has 0 bridgehead atoms. The number of piperazine rings is 1. The molecule has 2 aromatic heterocycles. The zero-order chi connectivity index (χ0) is 25.7. The Bertz CT molecular complexity index is 1360. The molecule has 4 rings (SSSR count). The van der Waals surface area contributed by atoms with Gasteiger partial charge in [0.25, 0.3) is 10.0 Å². The molecule has 10 heteroatoms. The number of benzene rings is 1. The third-order valence-electron chi connectivity index (χ3n) is 6.08. The highest BCUT2D eigenvalue weighted by Gasteiger charge is 2.36. The van der Waals surface area contributed by atoms with Crippen LogP contribution in [-0.4, -0.2) is 59.1 Å². The maximum Gasteiger partial charge on any atom is 0.410 e. The lowest BCUT2D eigenvalue weighted by Gasteiger charge is -2.44. The van der Waals surface area contributed by atoms with Gasteiger partial charge in [-0.3, -0.25) is 0 Å². The second-order valence-corrected chi connectivity index (χ2v) is 13.1. The molecular weight excluding hydrogens is 579 g/mol. The largest absolute Gasteiger partial charge is 0.444 e. The van der Waals surface area contributed by atoms with Crippen LogP contribution in [0.1, 0.15) is 40.2 Å². The van der Waals surface area contributed by atoms with Gasteiger partial charge < -0.3 is 14.5 Å². The highest BCUT2D eigenvalue weighted by molar-refractivity contribution is 14.1. The number of carbonyl (C=O) groups is 1. The summed E-state index contributed by atoms with van der Waals surface area (Å²) in [5.74, 6) is 0.716. The Morgan fingerprint density at radius 3 is 2.37 bits per heavy atom. The number of hydrogen-bond donors (Lipinski definition) is 0. The van der Waals surface area contributed by atoms with Gasteiger partial charge in [-0.1, -0.05) is 17.7 Å². The molecule has 1 saturated heterocycles. The Balaban J connectivity index is 1.71. The summed E-state index contributed by atoms with van der Waals surface area (Å²) < 4.78 is 34.7. The van der Waals surface area contributed by atoms with E-state index in [1.165, 1.54) is 3.97 Å². The molecule has 0 radical (unpaired) electrons. The fourth-order valence-corrected chi connectivity index (χ4v) is 6.68. The standard InChI is InChI=1S/C25H31IN4O4S/c1-16-7-9-19(10-8-16)35(32,33)30-15-20(26)22-21(30)11-12-27-23(22)28-13-18(3)29(14-17(28)2)24(31)34-25(4,5)6/h7-12,15,17-18H,13-14H2,1-6H3. The van der Waals surface area contributed by atoms with Gasteiger partial charge in [-0.15, -0.1) is 0 Å². The van der Waals surface area contributed by atoms with E-state index < -0.39 is 15.6 Å². The molecule has 2 atom stereocenters. The monoisotopic (exact) mass is 610 g/mol. The smallest absolute Gasteiger partial charge is 0.410 e. The fraction of sp³-hybridized carbons (Fsp3) is 0.440. The van der Waals surface area contributed by atoms with E-state index in [4.69, 9.17) is 4.74 Å². The second kappa shape index (κ2) is 9.27. The van der Waals surface area contributed by atoms with E-state index in [1.807, 2.05) is 41.5 Å². The van der Waals surface area contributed by atoms with Crippen molar-refractivity contribution in [2.45, 2.75) is 64.1 Å². The van der Waals surface area contributed by atoms with Crippen molar-refractivity contribution in [3.8, 4) is 0 Å². The van der Waals surface area contributed by atoms with Gasteiger partial charge >= 0.3 is 6.09 Å². The van der Waals surface area contributed by atoms with E-state index >= 15 is 0 Å². The zero-order valence-electron chi connectivity index (χ0n) is 20.8. The molecule has 1 aromatic carbocycles. The van der Waals surface area contributed by atoms with Crippen LogP contribution < -0.4 is 4.90 Å². The van der Waals surface area contributed by atoms with Crippen LogP contribution in [0.25, 0.3) is 10.9 Å². The lowest BCUT2D eigenvalue weighted by Crippen LogP contribution is -2.59. The second-order valence-electron chi connectivity index (χ2n) is 10.1. The molecule has 8 nitrogen and oxygen atoms in total. The predicted octanol–water partition coefficient (Wildman–Crippen LogP) is 5.02. The van der Waals surface area contributed by atoms with Crippen LogP contribution in [0.15, 0.2) is 47.6 Å². The highest BCUT2D eigenvalue weighted by atomic mass is 127. The average molecular weight is 611 g/mol. The van der Waals surface area contributed by atoms with E-state index in [1.54, 1.807) is 47.6 Å². The number of aryl methyl sites for hydroxylation is 1. The minimum absolute atomic E-state index is 0.0373. The number of hydrogen-bond acceptors (Lipinski definition) is 6. The summed E-state index contributed by atoms with van der Waals surface area (Å²) in [7, 11) is -3.77.